The molecule has 0 aromatic heterocycles. The molecule has 0 aliphatic heterocycles. The molecule has 3 heteroatoms. The summed E-state index contributed by atoms with van der Waals surface area (Å²) in [6.07, 6.45) is 5.62. The quantitative estimate of drug-likeness (QED) is 0.470. The Morgan fingerprint density at radius 3 is 1.93 bits per heavy atom. The predicted molar refractivity (Wildman–Crippen MR) is 115 cm³/mol. The molecule has 148 valence electrons. The first-order valence-electron chi connectivity index (χ1n) is 10.3. The molecule has 1 unspecified atom stereocenters. The van der Waals surface area contributed by atoms with Gasteiger partial charge >= 0.3 is 5.97 Å². The van der Waals surface area contributed by atoms with Gasteiger partial charge in [-0.15, -0.1) is 0 Å². The highest BCUT2D eigenvalue weighted by Gasteiger charge is 2.29. The average Bonchev–Trinajstić information content (AvgIpc) is 3.18. The SMILES string of the molecule is CC(C)(C)OC(=O)C(CC1CCCC1)N=C(c1ccccc1)c1ccccc1. The van der Waals surface area contributed by atoms with Crippen molar-refractivity contribution in [2.75, 3.05) is 0 Å². The molecule has 0 heterocycles. The summed E-state index contributed by atoms with van der Waals surface area (Å²) < 4.78 is 5.74. The van der Waals surface area contributed by atoms with Gasteiger partial charge in [-0.05, 0) is 33.1 Å². The minimum absolute atomic E-state index is 0.219. The molecule has 0 spiro atoms. The minimum Gasteiger partial charge on any atom is -0.458 e. The van der Waals surface area contributed by atoms with Crippen LogP contribution in [0.1, 0.15) is 64.0 Å². The molecule has 0 N–H and O–H groups in total. The van der Waals surface area contributed by atoms with E-state index < -0.39 is 11.6 Å². The van der Waals surface area contributed by atoms with Gasteiger partial charge in [-0.3, -0.25) is 4.99 Å². The van der Waals surface area contributed by atoms with E-state index in [-0.39, 0.29) is 5.97 Å². The Kier molecular flexibility index (Phi) is 6.66. The molecule has 2 aromatic rings. The normalized spacial score (nSPS) is 15.8. The van der Waals surface area contributed by atoms with Gasteiger partial charge in [0.05, 0.1) is 5.71 Å². The van der Waals surface area contributed by atoms with Crippen molar-refractivity contribution < 1.29 is 9.53 Å². The molecule has 0 saturated heterocycles. The van der Waals surface area contributed by atoms with E-state index in [4.69, 9.17) is 9.73 Å². The molecule has 3 rings (SSSR count). The second kappa shape index (κ2) is 9.18. The standard InChI is InChI=1S/C25H31NO2/c1-25(2,3)28-24(27)22(18-19-12-10-11-13-19)26-23(20-14-6-4-7-15-20)21-16-8-5-9-17-21/h4-9,14-17,19,22H,10-13,18H2,1-3H3. The van der Waals surface area contributed by atoms with Crippen molar-refractivity contribution in [2.24, 2.45) is 10.9 Å². The van der Waals surface area contributed by atoms with Crippen LogP contribution in [0.15, 0.2) is 65.7 Å². The number of aliphatic imine (C=N–C) groups is 1. The van der Waals surface area contributed by atoms with Gasteiger partial charge in [0.1, 0.15) is 11.6 Å². The zero-order valence-electron chi connectivity index (χ0n) is 17.2. The topological polar surface area (TPSA) is 38.7 Å². The summed E-state index contributed by atoms with van der Waals surface area (Å²) >= 11 is 0. The van der Waals surface area contributed by atoms with Crippen LogP contribution >= 0.6 is 0 Å². The van der Waals surface area contributed by atoms with Crippen LogP contribution < -0.4 is 0 Å². The van der Waals surface area contributed by atoms with Gasteiger partial charge in [-0.25, -0.2) is 4.79 Å². The Hall–Kier alpha value is -2.42. The van der Waals surface area contributed by atoms with E-state index in [2.05, 4.69) is 0 Å². The highest BCUT2D eigenvalue weighted by molar-refractivity contribution is 6.13. The third-order valence-corrected chi connectivity index (χ3v) is 5.09. The second-order valence-corrected chi connectivity index (χ2v) is 8.65. The van der Waals surface area contributed by atoms with Gasteiger partial charge in [0.2, 0.25) is 0 Å². The summed E-state index contributed by atoms with van der Waals surface area (Å²) in [7, 11) is 0. The number of ether oxygens (including phenoxy) is 1. The number of rotatable bonds is 6. The van der Waals surface area contributed by atoms with E-state index in [0.29, 0.717) is 5.92 Å². The number of nitrogens with zero attached hydrogens (tertiary/aromatic N) is 1. The van der Waals surface area contributed by atoms with Crippen molar-refractivity contribution in [1.29, 1.82) is 0 Å². The van der Waals surface area contributed by atoms with Crippen LogP contribution in [0.25, 0.3) is 0 Å². The fourth-order valence-electron chi connectivity index (χ4n) is 3.80. The van der Waals surface area contributed by atoms with Gasteiger partial charge in [-0.1, -0.05) is 86.3 Å². The number of hydrogen-bond donors (Lipinski definition) is 0. The minimum atomic E-state index is -0.514. The summed E-state index contributed by atoms with van der Waals surface area (Å²) in [4.78, 5) is 18.0. The highest BCUT2D eigenvalue weighted by atomic mass is 16.6. The largest absolute Gasteiger partial charge is 0.458 e. The van der Waals surface area contributed by atoms with Crippen LogP contribution in [0.3, 0.4) is 0 Å². The predicted octanol–water partition coefficient (Wildman–Crippen LogP) is 5.81. The molecule has 28 heavy (non-hydrogen) atoms. The van der Waals surface area contributed by atoms with E-state index in [1.54, 1.807) is 0 Å². The van der Waals surface area contributed by atoms with E-state index in [1.165, 1.54) is 25.7 Å². The van der Waals surface area contributed by atoms with Crippen molar-refractivity contribution in [3.05, 3.63) is 71.8 Å². The van der Waals surface area contributed by atoms with Crippen molar-refractivity contribution in [3.63, 3.8) is 0 Å². The second-order valence-electron chi connectivity index (χ2n) is 8.65. The van der Waals surface area contributed by atoms with Crippen LogP contribution in [0.5, 0.6) is 0 Å². The number of benzene rings is 2. The smallest absolute Gasteiger partial charge is 0.331 e. The fourth-order valence-corrected chi connectivity index (χ4v) is 3.80. The Balaban J connectivity index is 1.98. The molecule has 1 saturated carbocycles. The van der Waals surface area contributed by atoms with Crippen LogP contribution in [-0.2, 0) is 9.53 Å². The van der Waals surface area contributed by atoms with Crippen molar-refractivity contribution in [2.45, 2.75) is 64.5 Å². The Morgan fingerprint density at radius 2 is 1.46 bits per heavy atom. The number of carbonyl (C=O) groups is 1. The molecule has 3 nitrogen and oxygen atoms in total. The van der Waals surface area contributed by atoms with Gasteiger partial charge < -0.3 is 4.74 Å². The molecule has 1 fully saturated rings. The molecule has 1 atom stereocenters. The lowest BCUT2D eigenvalue weighted by Crippen LogP contribution is -2.32. The summed E-state index contributed by atoms with van der Waals surface area (Å²) in [5.74, 6) is 0.331. The van der Waals surface area contributed by atoms with Crippen molar-refractivity contribution in [3.8, 4) is 0 Å². The third-order valence-electron chi connectivity index (χ3n) is 5.09. The summed E-state index contributed by atoms with van der Waals surface area (Å²) in [6.45, 7) is 5.74. The molecular weight excluding hydrogens is 346 g/mol. The van der Waals surface area contributed by atoms with Crippen molar-refractivity contribution >= 4 is 11.7 Å². The van der Waals surface area contributed by atoms with Gasteiger partial charge in [0.25, 0.3) is 0 Å². The Bertz CT molecular complexity index is 743. The molecular formula is C25H31NO2. The van der Waals surface area contributed by atoms with Crippen LogP contribution in [0.4, 0.5) is 0 Å². The van der Waals surface area contributed by atoms with Gasteiger partial charge in [-0.2, -0.15) is 0 Å². The van der Waals surface area contributed by atoms with E-state index in [1.807, 2.05) is 81.4 Å². The van der Waals surface area contributed by atoms with Crippen molar-refractivity contribution in [1.82, 2.24) is 0 Å². The maximum absolute atomic E-state index is 13.0. The van der Waals surface area contributed by atoms with E-state index in [9.17, 15) is 4.79 Å². The summed E-state index contributed by atoms with van der Waals surface area (Å²) in [6, 6.07) is 19.7. The van der Waals surface area contributed by atoms with Gasteiger partial charge in [0, 0.05) is 11.1 Å². The fraction of sp³-hybridized carbons (Fsp3) is 0.440. The van der Waals surface area contributed by atoms with E-state index in [0.717, 1.165) is 23.3 Å². The van der Waals surface area contributed by atoms with Crippen LogP contribution in [0.2, 0.25) is 0 Å². The van der Waals surface area contributed by atoms with E-state index >= 15 is 0 Å². The monoisotopic (exact) mass is 377 g/mol. The number of esters is 1. The zero-order chi connectivity index (χ0) is 20.0. The summed E-state index contributed by atoms with van der Waals surface area (Å²) in [5, 5.41) is 0. The first-order valence-corrected chi connectivity index (χ1v) is 10.3. The maximum atomic E-state index is 13.0. The maximum Gasteiger partial charge on any atom is 0.331 e. The van der Waals surface area contributed by atoms with Crippen LogP contribution in [0, 0.1) is 5.92 Å². The molecule has 0 bridgehead atoms. The molecule has 0 amide bonds. The zero-order valence-corrected chi connectivity index (χ0v) is 17.2. The van der Waals surface area contributed by atoms with Gasteiger partial charge in [0.15, 0.2) is 0 Å². The number of carbonyl (C=O) groups excluding carboxylic acids is 1. The first-order chi connectivity index (χ1) is 13.4. The lowest BCUT2D eigenvalue weighted by atomic mass is 9.97. The molecule has 0 radical (unpaired) electrons. The molecule has 1 aliphatic rings. The third kappa shape index (κ3) is 5.79. The Morgan fingerprint density at radius 1 is 0.964 bits per heavy atom. The van der Waals surface area contributed by atoms with Crippen LogP contribution in [-0.4, -0.2) is 23.3 Å². The average molecular weight is 378 g/mol. The first kappa shape index (κ1) is 20.3. The molecule has 2 aromatic carbocycles. The number of hydrogen-bond acceptors (Lipinski definition) is 3. The Labute approximate surface area is 168 Å². The lowest BCUT2D eigenvalue weighted by molar-refractivity contribution is -0.156. The summed E-state index contributed by atoms with van der Waals surface area (Å²) in [5.41, 5.74) is 2.39. The highest BCUT2D eigenvalue weighted by Crippen LogP contribution is 2.30. The lowest BCUT2D eigenvalue weighted by Gasteiger charge is -2.24. The molecule has 1 aliphatic carbocycles.